The van der Waals surface area contributed by atoms with Crippen LogP contribution < -0.4 is 19.8 Å². The Morgan fingerprint density at radius 3 is 2.32 bits per heavy atom. The summed E-state index contributed by atoms with van der Waals surface area (Å²) >= 11 is 1.83. The quantitative estimate of drug-likeness (QED) is 0.292. The van der Waals surface area contributed by atoms with Crippen LogP contribution in [0.25, 0.3) is 0 Å². The summed E-state index contributed by atoms with van der Waals surface area (Å²) in [6.45, 7) is 3.21. The SMILES string of the molecule is COc1ccc(NC(=[N+]=C2SCCN2C)N2CCCCC2)cc1.O=C([O-])C=CC(=O)O. The van der Waals surface area contributed by atoms with E-state index >= 15 is 0 Å². The van der Waals surface area contributed by atoms with Crippen LogP contribution in [0.1, 0.15) is 19.3 Å². The number of rotatable bonds is 4. The lowest BCUT2D eigenvalue weighted by molar-refractivity contribution is -0.297. The van der Waals surface area contributed by atoms with E-state index in [-0.39, 0.29) is 0 Å². The van der Waals surface area contributed by atoms with Gasteiger partial charge in [0.1, 0.15) is 5.75 Å². The highest BCUT2D eigenvalue weighted by Gasteiger charge is 2.25. The van der Waals surface area contributed by atoms with Crippen LogP contribution in [0.2, 0.25) is 0 Å². The molecule has 0 aromatic heterocycles. The Morgan fingerprint density at radius 1 is 1.16 bits per heavy atom. The molecule has 31 heavy (non-hydrogen) atoms. The molecule has 0 saturated carbocycles. The minimum absolute atomic E-state index is 0.447. The molecule has 2 aliphatic rings. The zero-order chi connectivity index (χ0) is 22.6. The highest BCUT2D eigenvalue weighted by Crippen LogP contribution is 2.17. The number of benzene rings is 1. The summed E-state index contributed by atoms with van der Waals surface area (Å²) in [5.41, 5.74) is 1.04. The number of carboxylic acid groups (broad SMARTS) is 2. The normalized spacial score (nSPS) is 15.7. The number of methoxy groups -OCH3 is 1. The lowest BCUT2D eigenvalue weighted by atomic mass is 10.1. The molecule has 2 fully saturated rings. The van der Waals surface area contributed by atoms with Crippen LogP contribution in [0, 0.1) is 0 Å². The molecule has 2 aliphatic heterocycles. The summed E-state index contributed by atoms with van der Waals surface area (Å²) in [4.78, 5) is 23.6. The van der Waals surface area contributed by atoms with Crippen LogP contribution in [-0.4, -0.2) is 77.5 Å². The summed E-state index contributed by atoms with van der Waals surface area (Å²) in [6, 6.07) is 8.02. The minimum atomic E-state index is -1.51. The van der Waals surface area contributed by atoms with E-state index in [2.05, 4.69) is 22.2 Å². The molecule has 168 valence electrons. The number of hydrogen-bond acceptors (Lipinski definition) is 5. The van der Waals surface area contributed by atoms with Crippen molar-refractivity contribution in [1.29, 1.82) is 0 Å². The molecule has 1 aromatic rings. The molecule has 0 radical (unpaired) electrons. The molecule has 3 rings (SSSR count). The van der Waals surface area contributed by atoms with Crippen LogP contribution in [0.3, 0.4) is 0 Å². The number of likely N-dealkylation sites (tertiary alicyclic amines) is 1. The molecule has 2 saturated heterocycles. The molecule has 1 aromatic carbocycles. The lowest BCUT2D eigenvalue weighted by Crippen LogP contribution is -2.42. The second kappa shape index (κ2) is 12.6. The number of ether oxygens (including phenoxy) is 1. The summed E-state index contributed by atoms with van der Waals surface area (Å²) in [5, 5.41) is 21.8. The van der Waals surface area contributed by atoms with Crippen molar-refractivity contribution in [3.05, 3.63) is 36.4 Å². The summed E-state index contributed by atoms with van der Waals surface area (Å²) < 4.78 is 10.2. The molecular formula is C21H28N4O5S. The van der Waals surface area contributed by atoms with Gasteiger partial charge in [-0.15, -0.1) is 0 Å². The van der Waals surface area contributed by atoms with Gasteiger partial charge in [-0.2, -0.15) is 0 Å². The maximum absolute atomic E-state index is 9.53. The van der Waals surface area contributed by atoms with Crippen molar-refractivity contribution in [2.45, 2.75) is 19.3 Å². The fourth-order valence-electron chi connectivity index (χ4n) is 2.91. The number of carbonyl (C=O) groups is 2. The number of anilines is 1. The van der Waals surface area contributed by atoms with Gasteiger partial charge >= 0.3 is 17.1 Å². The Hall–Kier alpha value is -3.10. The summed E-state index contributed by atoms with van der Waals surface area (Å²) in [5.74, 6) is 0.144. The lowest BCUT2D eigenvalue weighted by Gasteiger charge is -2.23. The monoisotopic (exact) mass is 448 g/mol. The third kappa shape index (κ3) is 8.65. The highest BCUT2D eigenvalue weighted by atomic mass is 32.2. The molecule has 10 heteroatoms. The standard InChI is InChI=1S/C17H24N4OS.C4H4O4/c1-20-12-13-23-17(20)19-16(21-10-4-3-5-11-21)18-14-6-8-15(22-2)9-7-14;5-3(6)1-2-4(7)8/h6-9H,3-5,10-13H2,1-2H3;1-2H,(H,5,6)(H,7,8). The third-order valence-corrected chi connectivity index (χ3v) is 5.60. The van der Waals surface area contributed by atoms with Crippen molar-refractivity contribution in [3.8, 4) is 5.75 Å². The number of carbonyl (C=O) groups excluding carboxylic acids is 1. The number of hydrogen-bond donors (Lipinski definition) is 2. The zero-order valence-corrected chi connectivity index (χ0v) is 18.6. The molecule has 0 unspecified atom stereocenters. The topological polar surface area (TPSA) is 119 Å². The Kier molecular flexibility index (Phi) is 9.80. The van der Waals surface area contributed by atoms with E-state index in [1.807, 2.05) is 36.0 Å². The fraction of sp³-hybridized carbons (Fsp3) is 0.429. The first-order valence-electron chi connectivity index (χ1n) is 9.96. The van der Waals surface area contributed by atoms with E-state index in [1.165, 1.54) is 19.3 Å². The Bertz CT molecular complexity index is 828. The van der Waals surface area contributed by atoms with Crippen molar-refractivity contribution in [2.75, 3.05) is 44.9 Å². The number of aliphatic carboxylic acids is 2. The fourth-order valence-corrected chi connectivity index (χ4v) is 3.92. The summed E-state index contributed by atoms with van der Waals surface area (Å²) in [7, 11) is 3.80. The average Bonchev–Trinajstić information content (AvgIpc) is 3.18. The van der Waals surface area contributed by atoms with Gasteiger partial charge in [-0.1, -0.05) is 0 Å². The largest absolute Gasteiger partial charge is 0.545 e. The Balaban J connectivity index is 0.000000366. The molecule has 0 bridgehead atoms. The first-order valence-corrected chi connectivity index (χ1v) is 10.9. The van der Waals surface area contributed by atoms with Gasteiger partial charge in [0.05, 0.1) is 38.4 Å². The van der Waals surface area contributed by atoms with Crippen molar-refractivity contribution in [3.63, 3.8) is 0 Å². The van der Waals surface area contributed by atoms with E-state index in [1.54, 1.807) is 7.11 Å². The van der Waals surface area contributed by atoms with Crippen molar-refractivity contribution >= 4 is 40.5 Å². The number of thioether (sulfide) groups is 1. The molecule has 0 atom stereocenters. The van der Waals surface area contributed by atoms with Crippen LogP contribution in [0.15, 0.2) is 36.4 Å². The third-order valence-electron chi connectivity index (χ3n) is 4.55. The number of nitrogens with one attached hydrogen (secondary N) is 1. The van der Waals surface area contributed by atoms with Gasteiger partial charge < -0.3 is 19.7 Å². The van der Waals surface area contributed by atoms with E-state index in [0.717, 1.165) is 48.0 Å². The predicted octanol–water partition coefficient (Wildman–Crippen LogP) is 0.428. The van der Waals surface area contributed by atoms with E-state index in [4.69, 9.17) is 14.5 Å². The number of nitrogens with zero attached hydrogens (tertiary/aromatic N) is 3. The van der Waals surface area contributed by atoms with Crippen molar-refractivity contribution < 1.29 is 24.5 Å². The molecular weight excluding hydrogens is 420 g/mol. The minimum Gasteiger partial charge on any atom is -0.545 e. The molecule has 0 aliphatic carbocycles. The van der Waals surface area contributed by atoms with E-state index in [0.29, 0.717) is 12.2 Å². The first-order chi connectivity index (χ1) is 14.9. The number of amidine groups is 1. The van der Waals surface area contributed by atoms with Crippen LogP contribution in [-0.2, 0) is 9.59 Å². The average molecular weight is 449 g/mol. The maximum atomic E-state index is 9.53. The molecule has 2 heterocycles. The first kappa shape index (κ1) is 24.2. The Labute approximate surface area is 186 Å². The molecule has 2 N–H and O–H groups in total. The van der Waals surface area contributed by atoms with Crippen molar-refractivity contribution in [2.24, 2.45) is 0 Å². The van der Waals surface area contributed by atoms with Crippen LogP contribution in [0.5, 0.6) is 5.75 Å². The molecule has 0 amide bonds. The van der Waals surface area contributed by atoms with Crippen LogP contribution in [0.4, 0.5) is 5.69 Å². The second-order valence-electron chi connectivity index (χ2n) is 6.88. The highest BCUT2D eigenvalue weighted by molar-refractivity contribution is 8.14. The molecule has 0 spiro atoms. The number of piperidine rings is 1. The molecule has 9 nitrogen and oxygen atoms in total. The second-order valence-corrected chi connectivity index (χ2v) is 7.94. The van der Waals surface area contributed by atoms with E-state index < -0.39 is 11.9 Å². The van der Waals surface area contributed by atoms with Gasteiger partial charge in [0, 0.05) is 18.9 Å². The zero-order valence-electron chi connectivity index (χ0n) is 17.7. The number of carboxylic acids is 2. The van der Waals surface area contributed by atoms with Crippen LogP contribution >= 0.6 is 11.8 Å². The van der Waals surface area contributed by atoms with Gasteiger partial charge in [-0.25, -0.2) is 9.46 Å². The smallest absolute Gasteiger partial charge is 0.402 e. The van der Waals surface area contributed by atoms with Gasteiger partial charge in [0.2, 0.25) is 0 Å². The van der Waals surface area contributed by atoms with E-state index in [9.17, 15) is 14.7 Å². The van der Waals surface area contributed by atoms with Gasteiger partial charge in [0.15, 0.2) is 0 Å². The van der Waals surface area contributed by atoms with Gasteiger partial charge in [-0.3, -0.25) is 15.1 Å². The van der Waals surface area contributed by atoms with Gasteiger partial charge in [0.25, 0.3) is 0 Å². The van der Waals surface area contributed by atoms with Gasteiger partial charge in [-0.05, 0) is 61.4 Å². The maximum Gasteiger partial charge on any atom is 0.402 e. The van der Waals surface area contributed by atoms with Crippen molar-refractivity contribution in [1.82, 2.24) is 14.5 Å². The Morgan fingerprint density at radius 2 is 1.84 bits per heavy atom. The number of guanidine groups is 1. The predicted molar refractivity (Wildman–Crippen MR) is 121 cm³/mol. The summed E-state index contributed by atoms with van der Waals surface area (Å²) in [6.07, 6.45) is 4.73.